The molecule has 0 aliphatic heterocycles. The van der Waals surface area contributed by atoms with Crippen LogP contribution >= 0.6 is 0 Å². The molecular weight excluding hydrogens is 302 g/mol. The normalized spacial score (nSPS) is 16.3. The third-order valence-corrected chi connectivity index (χ3v) is 4.42. The summed E-state index contributed by atoms with van der Waals surface area (Å²) < 4.78 is 32.8. The lowest BCUT2D eigenvalue weighted by atomic mass is 9.64. The van der Waals surface area contributed by atoms with Gasteiger partial charge in [-0.15, -0.1) is 0 Å². The monoisotopic (exact) mass is 316 g/mol. The number of halogens is 2. The highest BCUT2D eigenvalue weighted by Crippen LogP contribution is 2.49. The zero-order valence-corrected chi connectivity index (χ0v) is 12.4. The second-order valence-corrected chi connectivity index (χ2v) is 5.92. The highest BCUT2D eigenvalue weighted by atomic mass is 19.1. The minimum absolute atomic E-state index is 0.352. The molecule has 1 saturated carbocycles. The van der Waals surface area contributed by atoms with Gasteiger partial charge in [0.15, 0.2) is 0 Å². The van der Waals surface area contributed by atoms with E-state index in [-0.39, 0.29) is 0 Å². The molecule has 1 fully saturated rings. The highest BCUT2D eigenvalue weighted by molar-refractivity contribution is 5.49. The molecule has 4 rings (SSSR count). The Morgan fingerprint density at radius 2 is 2.04 bits per heavy atom. The third-order valence-electron chi connectivity index (χ3n) is 4.42. The predicted molar refractivity (Wildman–Crippen MR) is 77.6 cm³/mol. The molecule has 3 aromatic rings. The van der Waals surface area contributed by atoms with Gasteiger partial charge in [-0.25, -0.2) is 8.78 Å². The number of aromatic nitrogens is 4. The van der Waals surface area contributed by atoms with Gasteiger partial charge >= 0.3 is 0 Å². The van der Waals surface area contributed by atoms with Crippen LogP contribution in [0.15, 0.2) is 28.8 Å². The summed E-state index contributed by atoms with van der Waals surface area (Å²) in [5.74, 6) is -0.470. The van der Waals surface area contributed by atoms with Crippen LogP contribution in [0.4, 0.5) is 8.78 Å². The van der Waals surface area contributed by atoms with Gasteiger partial charge in [-0.2, -0.15) is 10.1 Å². The van der Waals surface area contributed by atoms with Crippen molar-refractivity contribution in [2.75, 3.05) is 0 Å². The number of aromatic amines is 1. The van der Waals surface area contributed by atoms with E-state index < -0.39 is 17.0 Å². The first-order valence-electron chi connectivity index (χ1n) is 7.41. The van der Waals surface area contributed by atoms with Crippen molar-refractivity contribution < 1.29 is 13.3 Å². The van der Waals surface area contributed by atoms with E-state index >= 15 is 0 Å². The van der Waals surface area contributed by atoms with Gasteiger partial charge in [-0.05, 0) is 31.9 Å². The second kappa shape index (κ2) is 4.97. The molecular formula is C16H14F2N4O. The molecule has 0 spiro atoms. The minimum Gasteiger partial charge on any atom is -0.338 e. The summed E-state index contributed by atoms with van der Waals surface area (Å²) in [4.78, 5) is 4.41. The number of nitrogens with zero attached hydrogens (tertiary/aromatic N) is 3. The van der Waals surface area contributed by atoms with Crippen molar-refractivity contribution in [3.63, 3.8) is 0 Å². The second-order valence-electron chi connectivity index (χ2n) is 5.92. The van der Waals surface area contributed by atoms with Crippen molar-refractivity contribution in [2.24, 2.45) is 0 Å². The molecule has 23 heavy (non-hydrogen) atoms. The van der Waals surface area contributed by atoms with Crippen molar-refractivity contribution in [2.45, 2.75) is 31.6 Å². The maximum Gasteiger partial charge on any atom is 0.237 e. The molecule has 1 aliphatic carbocycles. The Hall–Kier alpha value is -2.57. The fourth-order valence-electron chi connectivity index (χ4n) is 3.06. The third kappa shape index (κ3) is 2.15. The van der Waals surface area contributed by atoms with Gasteiger partial charge in [0.25, 0.3) is 0 Å². The van der Waals surface area contributed by atoms with Crippen molar-refractivity contribution in [1.29, 1.82) is 0 Å². The van der Waals surface area contributed by atoms with Crippen LogP contribution in [0.25, 0.3) is 11.5 Å². The first-order chi connectivity index (χ1) is 11.1. The molecule has 0 saturated heterocycles. The van der Waals surface area contributed by atoms with Crippen LogP contribution in [0, 0.1) is 18.6 Å². The maximum absolute atomic E-state index is 14.2. The molecule has 0 radical (unpaired) electrons. The summed E-state index contributed by atoms with van der Waals surface area (Å²) in [6.45, 7) is 1.87. The summed E-state index contributed by atoms with van der Waals surface area (Å²) in [5, 5.41) is 10.9. The van der Waals surface area contributed by atoms with Crippen LogP contribution in [0.3, 0.4) is 0 Å². The van der Waals surface area contributed by atoms with Gasteiger partial charge in [0.1, 0.15) is 17.3 Å². The maximum atomic E-state index is 14.2. The quantitative estimate of drug-likeness (QED) is 0.803. The zero-order valence-electron chi connectivity index (χ0n) is 12.4. The van der Waals surface area contributed by atoms with E-state index in [9.17, 15) is 8.78 Å². The standard InChI is InChI=1S/C16H14F2N4O/c1-9-7-13(21-20-9)14-19-15(23-22-14)16(5-2-6-16)11-4-3-10(17)8-12(11)18/h3-4,7-8H,2,5-6H2,1H3,(H,20,21). The molecule has 1 N–H and O–H groups in total. The Bertz CT molecular complexity index is 867. The predicted octanol–water partition coefficient (Wildman–Crippen LogP) is 3.52. The van der Waals surface area contributed by atoms with E-state index in [1.807, 2.05) is 6.92 Å². The molecule has 0 atom stereocenters. The number of aryl methyl sites for hydroxylation is 1. The molecule has 1 aliphatic rings. The lowest BCUT2D eigenvalue weighted by Gasteiger charge is -2.38. The van der Waals surface area contributed by atoms with E-state index in [1.54, 1.807) is 6.07 Å². The summed E-state index contributed by atoms with van der Waals surface area (Å²) in [7, 11) is 0. The number of hydrogen-bond acceptors (Lipinski definition) is 4. The van der Waals surface area contributed by atoms with Crippen LogP contribution < -0.4 is 0 Å². The number of nitrogens with one attached hydrogen (secondary N) is 1. The summed E-state index contributed by atoms with van der Waals surface area (Å²) in [5.41, 5.74) is 1.19. The van der Waals surface area contributed by atoms with E-state index in [4.69, 9.17) is 4.52 Å². The van der Waals surface area contributed by atoms with Crippen LogP contribution in [0.1, 0.15) is 36.4 Å². The number of hydrogen-bond donors (Lipinski definition) is 1. The number of rotatable bonds is 3. The summed E-state index contributed by atoms with van der Waals surface area (Å²) in [6, 6.07) is 5.42. The molecule has 118 valence electrons. The first kappa shape index (κ1) is 14.0. The molecule has 0 amide bonds. The minimum atomic E-state index is -0.672. The Morgan fingerprint density at radius 1 is 1.22 bits per heavy atom. The SMILES string of the molecule is Cc1cc(-c2noc(C3(c4ccc(F)cc4F)CCC3)n2)n[nH]1. The Labute approximate surface area is 130 Å². The molecule has 7 heteroatoms. The van der Waals surface area contributed by atoms with E-state index in [0.29, 0.717) is 35.8 Å². The Kier molecular flexibility index (Phi) is 3.04. The van der Waals surface area contributed by atoms with Gasteiger partial charge < -0.3 is 4.52 Å². The van der Waals surface area contributed by atoms with Crippen LogP contribution in [0.5, 0.6) is 0 Å². The molecule has 0 unspecified atom stereocenters. The molecule has 5 nitrogen and oxygen atoms in total. The fourth-order valence-corrected chi connectivity index (χ4v) is 3.06. The van der Waals surface area contributed by atoms with Gasteiger partial charge in [0.2, 0.25) is 11.7 Å². The van der Waals surface area contributed by atoms with E-state index in [2.05, 4.69) is 20.3 Å². The van der Waals surface area contributed by atoms with Crippen molar-refractivity contribution in [1.82, 2.24) is 20.3 Å². The smallest absolute Gasteiger partial charge is 0.237 e. The molecule has 1 aromatic carbocycles. The fraction of sp³-hybridized carbons (Fsp3) is 0.312. The summed E-state index contributed by atoms with van der Waals surface area (Å²) in [6.07, 6.45) is 2.31. The molecule has 0 bridgehead atoms. The molecule has 2 heterocycles. The first-order valence-corrected chi connectivity index (χ1v) is 7.41. The number of H-pyrrole nitrogens is 1. The van der Waals surface area contributed by atoms with Crippen LogP contribution in [-0.4, -0.2) is 20.3 Å². The van der Waals surface area contributed by atoms with Gasteiger partial charge in [-0.1, -0.05) is 17.6 Å². The zero-order chi connectivity index (χ0) is 16.0. The Balaban J connectivity index is 1.77. The number of benzene rings is 1. The average Bonchev–Trinajstić information content (AvgIpc) is 3.09. The topological polar surface area (TPSA) is 67.6 Å². The van der Waals surface area contributed by atoms with Crippen LogP contribution in [-0.2, 0) is 5.41 Å². The largest absolute Gasteiger partial charge is 0.338 e. The van der Waals surface area contributed by atoms with Crippen molar-refractivity contribution in [3.05, 3.63) is 53.0 Å². The highest BCUT2D eigenvalue weighted by Gasteiger charge is 2.47. The Morgan fingerprint density at radius 3 is 2.65 bits per heavy atom. The van der Waals surface area contributed by atoms with Gasteiger partial charge in [-0.3, -0.25) is 5.10 Å². The lowest BCUT2D eigenvalue weighted by Crippen LogP contribution is -2.36. The van der Waals surface area contributed by atoms with Crippen molar-refractivity contribution in [3.8, 4) is 11.5 Å². The molecule has 2 aromatic heterocycles. The lowest BCUT2D eigenvalue weighted by molar-refractivity contribution is 0.211. The van der Waals surface area contributed by atoms with Crippen LogP contribution in [0.2, 0.25) is 0 Å². The summed E-state index contributed by atoms with van der Waals surface area (Å²) >= 11 is 0. The van der Waals surface area contributed by atoms with Crippen molar-refractivity contribution >= 4 is 0 Å². The van der Waals surface area contributed by atoms with Gasteiger partial charge in [0.05, 0.1) is 5.41 Å². The average molecular weight is 316 g/mol. The van der Waals surface area contributed by atoms with Gasteiger partial charge in [0, 0.05) is 17.3 Å². The van der Waals surface area contributed by atoms with E-state index in [1.165, 1.54) is 12.1 Å². The van der Waals surface area contributed by atoms with E-state index in [0.717, 1.165) is 18.2 Å².